The van der Waals surface area contributed by atoms with Crippen LogP contribution in [0.5, 0.6) is 0 Å². The fraction of sp³-hybridized carbons (Fsp3) is 0.444. The van der Waals surface area contributed by atoms with Crippen LogP contribution in [0.15, 0.2) is 24.3 Å². The first-order valence-corrected chi connectivity index (χ1v) is 9.22. The summed E-state index contributed by atoms with van der Waals surface area (Å²) in [5.74, 6) is -0.256. The van der Waals surface area contributed by atoms with E-state index in [1.165, 1.54) is 11.3 Å². The van der Waals surface area contributed by atoms with Crippen LogP contribution in [0.1, 0.15) is 48.1 Å². The number of hydrogen-bond acceptors (Lipinski definition) is 5. The number of nitrogens with zero attached hydrogens (tertiary/aromatic N) is 2. The SMILES string of the molecule is CCc1nnc(NC(=O)[C@@H](CC(C)C)NC(=O)c2ccccc2C)s1. The molecule has 0 unspecified atom stereocenters. The van der Waals surface area contributed by atoms with E-state index < -0.39 is 6.04 Å². The highest BCUT2D eigenvalue weighted by atomic mass is 32.1. The third-order valence-electron chi connectivity index (χ3n) is 3.72. The average molecular weight is 360 g/mol. The Morgan fingerprint density at radius 1 is 1.20 bits per heavy atom. The van der Waals surface area contributed by atoms with Gasteiger partial charge in [0.05, 0.1) is 0 Å². The Kier molecular flexibility index (Phi) is 6.64. The second kappa shape index (κ2) is 8.71. The van der Waals surface area contributed by atoms with Crippen molar-refractivity contribution in [2.45, 2.75) is 46.6 Å². The predicted octanol–water partition coefficient (Wildman–Crippen LogP) is 3.19. The lowest BCUT2D eigenvalue weighted by molar-refractivity contribution is -0.118. The van der Waals surface area contributed by atoms with Crippen LogP contribution in [0.2, 0.25) is 0 Å². The van der Waals surface area contributed by atoms with Crippen molar-refractivity contribution in [3.63, 3.8) is 0 Å². The normalized spacial score (nSPS) is 12.0. The van der Waals surface area contributed by atoms with E-state index in [0.29, 0.717) is 17.1 Å². The molecule has 7 heteroatoms. The average Bonchev–Trinajstić information content (AvgIpc) is 3.01. The van der Waals surface area contributed by atoms with Crippen LogP contribution in [-0.2, 0) is 11.2 Å². The van der Waals surface area contributed by atoms with Crippen LogP contribution in [0, 0.1) is 12.8 Å². The predicted molar refractivity (Wildman–Crippen MR) is 99.8 cm³/mol. The summed E-state index contributed by atoms with van der Waals surface area (Å²) in [5, 5.41) is 14.9. The van der Waals surface area contributed by atoms with Crippen molar-refractivity contribution < 1.29 is 9.59 Å². The smallest absolute Gasteiger partial charge is 0.252 e. The van der Waals surface area contributed by atoms with E-state index in [2.05, 4.69) is 20.8 Å². The first-order valence-electron chi connectivity index (χ1n) is 8.40. The van der Waals surface area contributed by atoms with Crippen molar-refractivity contribution in [2.75, 3.05) is 5.32 Å². The molecular formula is C18H24N4O2S. The van der Waals surface area contributed by atoms with E-state index in [1.54, 1.807) is 6.07 Å². The highest BCUT2D eigenvalue weighted by Crippen LogP contribution is 2.17. The first kappa shape index (κ1) is 19.1. The topological polar surface area (TPSA) is 84.0 Å². The molecule has 0 bridgehead atoms. The quantitative estimate of drug-likeness (QED) is 0.794. The van der Waals surface area contributed by atoms with Gasteiger partial charge in [-0.05, 0) is 37.3 Å². The molecule has 1 aromatic heterocycles. The van der Waals surface area contributed by atoms with Crippen molar-refractivity contribution in [1.82, 2.24) is 15.5 Å². The number of amides is 2. The summed E-state index contributed by atoms with van der Waals surface area (Å²) in [5.41, 5.74) is 1.45. The summed E-state index contributed by atoms with van der Waals surface area (Å²) in [6.07, 6.45) is 1.32. The number of hydrogen-bond donors (Lipinski definition) is 2. The number of aryl methyl sites for hydroxylation is 2. The van der Waals surface area contributed by atoms with Crippen LogP contribution >= 0.6 is 11.3 Å². The highest BCUT2D eigenvalue weighted by molar-refractivity contribution is 7.15. The Morgan fingerprint density at radius 3 is 2.52 bits per heavy atom. The van der Waals surface area contributed by atoms with Crippen LogP contribution in [0.3, 0.4) is 0 Å². The Morgan fingerprint density at radius 2 is 1.92 bits per heavy atom. The van der Waals surface area contributed by atoms with Gasteiger partial charge >= 0.3 is 0 Å². The molecule has 2 aromatic rings. The lowest BCUT2D eigenvalue weighted by Crippen LogP contribution is -2.44. The minimum Gasteiger partial charge on any atom is -0.340 e. The summed E-state index contributed by atoms with van der Waals surface area (Å²) in [4.78, 5) is 25.2. The zero-order valence-corrected chi connectivity index (χ0v) is 15.8. The molecule has 0 fully saturated rings. The van der Waals surface area contributed by atoms with Crippen molar-refractivity contribution in [3.05, 3.63) is 40.4 Å². The third-order valence-corrected chi connectivity index (χ3v) is 4.70. The number of carbonyl (C=O) groups excluding carboxylic acids is 2. The standard InChI is InChI=1S/C18H24N4O2S/c1-5-15-21-22-18(25-15)20-17(24)14(10-11(2)3)19-16(23)13-9-7-6-8-12(13)4/h6-9,11,14H,5,10H2,1-4H3,(H,19,23)(H,20,22,24)/t14-/m1/s1. The van der Waals surface area contributed by atoms with Crippen molar-refractivity contribution in [3.8, 4) is 0 Å². The molecule has 0 saturated heterocycles. The maximum absolute atomic E-state index is 12.6. The van der Waals surface area contributed by atoms with Gasteiger partial charge in [0.15, 0.2) is 0 Å². The number of aromatic nitrogens is 2. The highest BCUT2D eigenvalue weighted by Gasteiger charge is 2.24. The fourth-order valence-corrected chi connectivity index (χ4v) is 3.09. The van der Waals surface area contributed by atoms with E-state index in [4.69, 9.17) is 0 Å². The zero-order chi connectivity index (χ0) is 18.4. The molecule has 1 atom stereocenters. The van der Waals surface area contributed by atoms with Crippen molar-refractivity contribution >= 4 is 28.3 Å². The second-order valence-corrected chi connectivity index (χ2v) is 7.38. The maximum Gasteiger partial charge on any atom is 0.252 e. The van der Waals surface area contributed by atoms with Gasteiger partial charge in [0.25, 0.3) is 5.91 Å². The van der Waals surface area contributed by atoms with Crippen molar-refractivity contribution in [1.29, 1.82) is 0 Å². The van der Waals surface area contributed by atoms with Gasteiger partial charge in [-0.3, -0.25) is 14.9 Å². The molecule has 0 spiro atoms. The Labute approximate surface area is 152 Å². The minimum atomic E-state index is -0.624. The molecule has 1 aromatic carbocycles. The van der Waals surface area contributed by atoms with Crippen LogP contribution < -0.4 is 10.6 Å². The second-order valence-electron chi connectivity index (χ2n) is 6.31. The largest absolute Gasteiger partial charge is 0.340 e. The van der Waals surface area contributed by atoms with Crippen molar-refractivity contribution in [2.24, 2.45) is 5.92 Å². The number of nitrogens with one attached hydrogen (secondary N) is 2. The van der Waals surface area contributed by atoms with Gasteiger partial charge < -0.3 is 5.32 Å². The maximum atomic E-state index is 12.6. The summed E-state index contributed by atoms with van der Waals surface area (Å²) in [6.45, 7) is 7.89. The molecule has 1 heterocycles. The molecule has 2 N–H and O–H groups in total. The molecule has 2 amide bonds. The number of anilines is 1. The summed E-state index contributed by atoms with van der Waals surface area (Å²) in [6, 6.07) is 6.70. The van der Waals surface area contributed by atoms with Gasteiger partial charge in [-0.15, -0.1) is 10.2 Å². The fourth-order valence-electron chi connectivity index (χ4n) is 2.41. The molecule has 0 aliphatic heterocycles. The molecule has 0 aliphatic rings. The molecule has 2 rings (SSSR count). The lowest BCUT2D eigenvalue weighted by Gasteiger charge is -2.20. The number of benzene rings is 1. The Hall–Kier alpha value is -2.28. The molecule has 0 aliphatic carbocycles. The van der Waals surface area contributed by atoms with Crippen LogP contribution in [-0.4, -0.2) is 28.1 Å². The van der Waals surface area contributed by atoms with Gasteiger partial charge in [0.1, 0.15) is 11.0 Å². The van der Waals surface area contributed by atoms with Gasteiger partial charge in [0, 0.05) is 5.56 Å². The van der Waals surface area contributed by atoms with E-state index in [9.17, 15) is 9.59 Å². The molecule has 25 heavy (non-hydrogen) atoms. The number of rotatable bonds is 7. The van der Waals surface area contributed by atoms with Gasteiger partial charge in [-0.2, -0.15) is 0 Å². The summed E-state index contributed by atoms with van der Waals surface area (Å²) < 4.78 is 0. The van der Waals surface area contributed by atoms with E-state index in [-0.39, 0.29) is 17.7 Å². The molecule has 6 nitrogen and oxygen atoms in total. The molecular weight excluding hydrogens is 336 g/mol. The lowest BCUT2D eigenvalue weighted by atomic mass is 10.0. The van der Waals surface area contributed by atoms with E-state index in [1.807, 2.05) is 45.9 Å². The van der Waals surface area contributed by atoms with E-state index >= 15 is 0 Å². The van der Waals surface area contributed by atoms with Crippen LogP contribution in [0.25, 0.3) is 0 Å². The van der Waals surface area contributed by atoms with Gasteiger partial charge in [-0.1, -0.05) is 50.3 Å². The number of carbonyl (C=O) groups is 2. The Bertz CT molecular complexity index is 742. The Balaban J connectivity index is 2.10. The first-order chi connectivity index (χ1) is 11.9. The molecule has 0 radical (unpaired) electrons. The zero-order valence-electron chi connectivity index (χ0n) is 15.0. The molecule has 0 saturated carbocycles. The van der Waals surface area contributed by atoms with E-state index in [0.717, 1.165) is 17.0 Å². The summed E-state index contributed by atoms with van der Waals surface area (Å²) >= 11 is 1.35. The van der Waals surface area contributed by atoms with Gasteiger partial charge in [0.2, 0.25) is 11.0 Å². The van der Waals surface area contributed by atoms with Gasteiger partial charge in [-0.25, -0.2) is 0 Å². The third kappa shape index (κ3) is 5.35. The van der Waals surface area contributed by atoms with Crippen LogP contribution in [0.4, 0.5) is 5.13 Å². The molecule has 134 valence electrons. The summed E-state index contributed by atoms with van der Waals surface area (Å²) in [7, 11) is 0. The monoisotopic (exact) mass is 360 g/mol. The minimum absolute atomic E-state index is 0.245.